The minimum atomic E-state index is -0.194. The van der Waals surface area contributed by atoms with E-state index in [0.717, 1.165) is 37.2 Å². The first-order valence-electron chi connectivity index (χ1n) is 6.91. The number of phenols is 2. The van der Waals surface area contributed by atoms with Crippen molar-refractivity contribution in [3.05, 3.63) is 23.8 Å². The van der Waals surface area contributed by atoms with Crippen molar-refractivity contribution in [3.63, 3.8) is 0 Å². The molecule has 0 radical (unpaired) electrons. The van der Waals surface area contributed by atoms with E-state index in [2.05, 4.69) is 12.2 Å². The smallest absolute Gasteiger partial charge is 0.157 e. The fourth-order valence-corrected chi connectivity index (χ4v) is 2.67. The summed E-state index contributed by atoms with van der Waals surface area (Å²) in [6.45, 7) is 2.98. The Bertz CT molecular complexity index is 425. The summed E-state index contributed by atoms with van der Waals surface area (Å²) in [5, 5.41) is 31.8. The van der Waals surface area contributed by atoms with Crippen LogP contribution in [0.15, 0.2) is 18.2 Å². The summed E-state index contributed by atoms with van der Waals surface area (Å²) < 4.78 is 0. The second-order valence-electron chi connectivity index (χ2n) is 5.80. The molecule has 4 nitrogen and oxygen atoms in total. The number of nitrogens with one attached hydrogen (secondary N) is 1. The Hall–Kier alpha value is -1.26. The van der Waals surface area contributed by atoms with Gasteiger partial charge in [0.15, 0.2) is 11.5 Å². The molecule has 0 bridgehead atoms. The van der Waals surface area contributed by atoms with Gasteiger partial charge in [-0.25, -0.2) is 0 Å². The predicted molar refractivity (Wildman–Crippen MR) is 74.1 cm³/mol. The van der Waals surface area contributed by atoms with Gasteiger partial charge in [-0.3, -0.25) is 0 Å². The summed E-state index contributed by atoms with van der Waals surface area (Å²) in [6.07, 6.45) is 4.23. The molecule has 1 aromatic carbocycles. The van der Waals surface area contributed by atoms with Gasteiger partial charge in [-0.15, -0.1) is 0 Å². The maximum Gasteiger partial charge on any atom is 0.157 e. The lowest BCUT2D eigenvalue weighted by atomic mass is 9.77. The highest BCUT2D eigenvalue weighted by Gasteiger charge is 2.32. The van der Waals surface area contributed by atoms with Crippen LogP contribution in [-0.4, -0.2) is 27.5 Å². The third kappa shape index (κ3) is 3.39. The first kappa shape index (κ1) is 14.2. The lowest BCUT2D eigenvalue weighted by Gasteiger charge is -2.39. The van der Waals surface area contributed by atoms with Crippen LogP contribution in [0.1, 0.15) is 38.2 Å². The highest BCUT2D eigenvalue weighted by Crippen LogP contribution is 2.32. The number of benzene rings is 1. The molecular formula is C15H23NO3. The number of phenolic OH excluding ortho intramolecular Hbond substituents is 2. The van der Waals surface area contributed by atoms with Crippen LogP contribution in [0.4, 0.5) is 0 Å². The Morgan fingerprint density at radius 2 is 1.89 bits per heavy atom. The van der Waals surface area contributed by atoms with Crippen LogP contribution in [0.25, 0.3) is 0 Å². The Morgan fingerprint density at radius 1 is 1.21 bits per heavy atom. The van der Waals surface area contributed by atoms with Gasteiger partial charge in [-0.1, -0.05) is 13.0 Å². The number of hydrogen-bond acceptors (Lipinski definition) is 4. The molecular weight excluding hydrogens is 242 g/mol. The van der Waals surface area contributed by atoms with E-state index >= 15 is 0 Å². The van der Waals surface area contributed by atoms with E-state index in [0.29, 0.717) is 6.54 Å². The van der Waals surface area contributed by atoms with Crippen molar-refractivity contribution in [1.82, 2.24) is 5.32 Å². The van der Waals surface area contributed by atoms with Crippen molar-refractivity contribution in [2.24, 2.45) is 5.92 Å². The largest absolute Gasteiger partial charge is 0.504 e. The zero-order valence-electron chi connectivity index (χ0n) is 11.4. The maximum atomic E-state index is 9.65. The summed E-state index contributed by atoms with van der Waals surface area (Å²) in [5.74, 6) is 0.529. The van der Waals surface area contributed by atoms with Gasteiger partial charge in [0.05, 0.1) is 6.61 Å². The monoisotopic (exact) mass is 265 g/mol. The van der Waals surface area contributed by atoms with Gasteiger partial charge in [-0.05, 0) is 49.3 Å². The highest BCUT2D eigenvalue weighted by atomic mass is 16.3. The fourth-order valence-electron chi connectivity index (χ4n) is 2.67. The highest BCUT2D eigenvalue weighted by molar-refractivity contribution is 5.40. The molecule has 2 rings (SSSR count). The number of aliphatic hydroxyl groups is 1. The second kappa shape index (κ2) is 5.80. The van der Waals surface area contributed by atoms with E-state index in [1.807, 2.05) is 0 Å². The summed E-state index contributed by atoms with van der Waals surface area (Å²) in [5.41, 5.74) is 0.710. The zero-order chi connectivity index (χ0) is 13.9. The molecule has 4 heteroatoms. The zero-order valence-corrected chi connectivity index (χ0v) is 11.4. The number of hydrogen-bond donors (Lipinski definition) is 4. The first-order chi connectivity index (χ1) is 9.04. The molecule has 0 amide bonds. The van der Waals surface area contributed by atoms with Crippen LogP contribution < -0.4 is 5.32 Å². The van der Waals surface area contributed by atoms with Crippen LogP contribution in [0.5, 0.6) is 11.5 Å². The third-order valence-corrected chi connectivity index (χ3v) is 4.24. The Kier molecular flexibility index (Phi) is 4.32. The van der Waals surface area contributed by atoms with Gasteiger partial charge in [0.2, 0.25) is 0 Å². The maximum absolute atomic E-state index is 9.65. The molecule has 4 N–H and O–H groups in total. The Morgan fingerprint density at radius 3 is 2.47 bits per heavy atom. The van der Waals surface area contributed by atoms with Crippen molar-refractivity contribution in [2.45, 2.75) is 44.7 Å². The molecule has 0 heterocycles. The molecule has 106 valence electrons. The van der Waals surface area contributed by atoms with E-state index in [-0.39, 0.29) is 23.6 Å². The molecule has 1 aliphatic rings. The lowest BCUT2D eigenvalue weighted by molar-refractivity contribution is 0.104. The van der Waals surface area contributed by atoms with Crippen LogP contribution in [-0.2, 0) is 6.54 Å². The topological polar surface area (TPSA) is 72.7 Å². The summed E-state index contributed by atoms with van der Waals surface area (Å²) in [4.78, 5) is 0. The van der Waals surface area contributed by atoms with Crippen LogP contribution >= 0.6 is 0 Å². The molecule has 0 aromatic heterocycles. The summed E-state index contributed by atoms with van der Waals surface area (Å²) >= 11 is 0. The molecule has 0 aliphatic heterocycles. The van der Waals surface area contributed by atoms with Gasteiger partial charge < -0.3 is 20.6 Å². The molecule has 19 heavy (non-hydrogen) atoms. The SMILES string of the molecule is CC1CCC(CO)(NCc2ccc(O)c(O)c2)CC1. The molecule has 0 saturated heterocycles. The molecule has 1 aliphatic carbocycles. The molecule has 0 spiro atoms. The van der Waals surface area contributed by atoms with E-state index < -0.39 is 0 Å². The van der Waals surface area contributed by atoms with Gasteiger partial charge in [0.1, 0.15) is 0 Å². The quantitative estimate of drug-likeness (QED) is 0.629. The number of aliphatic hydroxyl groups excluding tert-OH is 1. The van der Waals surface area contributed by atoms with Crippen LogP contribution in [0.2, 0.25) is 0 Å². The fraction of sp³-hybridized carbons (Fsp3) is 0.600. The third-order valence-electron chi connectivity index (χ3n) is 4.24. The molecule has 1 saturated carbocycles. The van der Waals surface area contributed by atoms with Crippen molar-refractivity contribution < 1.29 is 15.3 Å². The number of rotatable bonds is 4. The van der Waals surface area contributed by atoms with Crippen LogP contribution in [0, 0.1) is 5.92 Å². The second-order valence-corrected chi connectivity index (χ2v) is 5.80. The van der Waals surface area contributed by atoms with Gasteiger partial charge >= 0.3 is 0 Å². The minimum Gasteiger partial charge on any atom is -0.504 e. The normalized spacial score (nSPS) is 27.4. The van der Waals surface area contributed by atoms with Crippen molar-refractivity contribution in [3.8, 4) is 11.5 Å². The minimum absolute atomic E-state index is 0.102. The standard InChI is InChI=1S/C15H23NO3/c1-11-4-6-15(10-17,7-5-11)16-9-12-2-3-13(18)14(19)8-12/h2-3,8,11,16-19H,4-7,9-10H2,1H3. The summed E-state index contributed by atoms with van der Waals surface area (Å²) in [7, 11) is 0. The van der Waals surface area contributed by atoms with Crippen molar-refractivity contribution >= 4 is 0 Å². The van der Waals surface area contributed by atoms with Gasteiger partial charge in [0, 0.05) is 12.1 Å². The average molecular weight is 265 g/mol. The Labute approximate surface area is 114 Å². The van der Waals surface area contributed by atoms with E-state index in [1.165, 1.54) is 6.07 Å². The van der Waals surface area contributed by atoms with Crippen LogP contribution in [0.3, 0.4) is 0 Å². The average Bonchev–Trinajstić information content (AvgIpc) is 2.42. The summed E-state index contributed by atoms with van der Waals surface area (Å²) in [6, 6.07) is 4.82. The molecule has 0 atom stereocenters. The number of aromatic hydroxyl groups is 2. The lowest BCUT2D eigenvalue weighted by Crippen LogP contribution is -2.50. The van der Waals surface area contributed by atoms with E-state index in [4.69, 9.17) is 0 Å². The van der Waals surface area contributed by atoms with Gasteiger partial charge in [0.25, 0.3) is 0 Å². The van der Waals surface area contributed by atoms with Crippen molar-refractivity contribution in [2.75, 3.05) is 6.61 Å². The van der Waals surface area contributed by atoms with Gasteiger partial charge in [-0.2, -0.15) is 0 Å². The molecule has 1 aromatic rings. The Balaban J connectivity index is 1.97. The predicted octanol–water partition coefficient (Wildman–Crippen LogP) is 2.13. The van der Waals surface area contributed by atoms with E-state index in [9.17, 15) is 15.3 Å². The molecule has 1 fully saturated rings. The van der Waals surface area contributed by atoms with E-state index in [1.54, 1.807) is 12.1 Å². The first-order valence-corrected chi connectivity index (χ1v) is 6.91. The molecule has 0 unspecified atom stereocenters. The van der Waals surface area contributed by atoms with Crippen molar-refractivity contribution in [1.29, 1.82) is 0 Å².